The zero-order valence-corrected chi connectivity index (χ0v) is 15.7. The Morgan fingerprint density at radius 3 is 2.50 bits per heavy atom. The molecule has 0 spiro atoms. The Kier molecular flexibility index (Phi) is 5.40. The largest absolute Gasteiger partial charge is 0.341 e. The highest BCUT2D eigenvalue weighted by Gasteiger charge is 2.25. The Balaban J connectivity index is 1.72. The summed E-state index contributed by atoms with van der Waals surface area (Å²) in [5.41, 5.74) is 3.28. The Hall–Kier alpha value is -2.63. The first-order valence-corrected chi connectivity index (χ1v) is 9.19. The third kappa shape index (κ3) is 3.64. The van der Waals surface area contributed by atoms with E-state index in [1.54, 1.807) is 17.8 Å². The van der Waals surface area contributed by atoms with Gasteiger partial charge in [0.1, 0.15) is 6.04 Å². The van der Waals surface area contributed by atoms with Gasteiger partial charge >= 0.3 is 0 Å². The van der Waals surface area contributed by atoms with Gasteiger partial charge in [-0.3, -0.25) is 9.59 Å². The lowest BCUT2D eigenvalue weighted by Crippen LogP contribution is -2.48. The monoisotopic (exact) mass is 354 g/mol. The smallest absolute Gasteiger partial charge is 0.255 e. The number of nitrogens with zero attached hydrogens (tertiary/aromatic N) is 3. The Morgan fingerprint density at radius 1 is 1.12 bits per heavy atom. The summed E-state index contributed by atoms with van der Waals surface area (Å²) in [5.74, 6) is -0.276. The van der Waals surface area contributed by atoms with E-state index >= 15 is 0 Å². The predicted octanol–water partition coefficient (Wildman–Crippen LogP) is 2.62. The molecule has 1 aliphatic heterocycles. The highest BCUT2D eigenvalue weighted by molar-refractivity contribution is 5.98. The molecule has 0 aliphatic carbocycles. The summed E-state index contributed by atoms with van der Waals surface area (Å²) in [5, 5.41) is 7.20. The molecule has 2 aromatic rings. The molecule has 0 saturated carbocycles. The first-order chi connectivity index (χ1) is 12.5. The van der Waals surface area contributed by atoms with Crippen molar-refractivity contribution < 1.29 is 9.59 Å². The van der Waals surface area contributed by atoms with Crippen LogP contribution < -0.4 is 5.32 Å². The minimum absolute atomic E-state index is 0.0120. The van der Waals surface area contributed by atoms with Crippen molar-refractivity contribution in [2.75, 3.05) is 13.1 Å². The molecule has 6 heteroatoms. The van der Waals surface area contributed by atoms with Crippen molar-refractivity contribution in [3.05, 3.63) is 47.3 Å². The van der Waals surface area contributed by atoms with E-state index in [-0.39, 0.29) is 11.8 Å². The van der Waals surface area contributed by atoms with E-state index in [4.69, 9.17) is 0 Å². The fourth-order valence-electron chi connectivity index (χ4n) is 3.40. The van der Waals surface area contributed by atoms with Gasteiger partial charge in [-0.2, -0.15) is 5.10 Å². The predicted molar refractivity (Wildman–Crippen MR) is 100 cm³/mol. The summed E-state index contributed by atoms with van der Waals surface area (Å²) in [6.45, 7) is 7.18. The van der Waals surface area contributed by atoms with Crippen LogP contribution in [0.4, 0.5) is 0 Å². The van der Waals surface area contributed by atoms with Gasteiger partial charge in [-0.1, -0.05) is 18.2 Å². The first kappa shape index (κ1) is 18.2. The molecule has 0 unspecified atom stereocenters. The maximum Gasteiger partial charge on any atom is 0.255 e. The van der Waals surface area contributed by atoms with Gasteiger partial charge in [0.25, 0.3) is 5.91 Å². The summed E-state index contributed by atoms with van der Waals surface area (Å²) >= 11 is 0. The maximum atomic E-state index is 12.7. The van der Waals surface area contributed by atoms with Crippen molar-refractivity contribution in [2.24, 2.45) is 0 Å². The number of aryl methyl sites for hydroxylation is 1. The van der Waals surface area contributed by atoms with E-state index in [9.17, 15) is 9.59 Å². The molecular formula is C20H26N4O2. The van der Waals surface area contributed by atoms with E-state index in [1.165, 1.54) is 6.42 Å². The van der Waals surface area contributed by atoms with Crippen molar-refractivity contribution in [1.29, 1.82) is 0 Å². The molecule has 0 bridgehead atoms. The second-order valence-electron chi connectivity index (χ2n) is 6.92. The molecule has 138 valence electrons. The Labute approximate surface area is 154 Å². The number of nitrogens with one attached hydrogen (secondary N) is 1. The van der Waals surface area contributed by atoms with Gasteiger partial charge in [-0.05, 0) is 51.7 Å². The number of para-hydroxylation sites is 1. The highest BCUT2D eigenvalue weighted by atomic mass is 16.2. The van der Waals surface area contributed by atoms with Crippen LogP contribution in [0.25, 0.3) is 5.69 Å². The molecule has 0 radical (unpaired) electrons. The molecule has 6 nitrogen and oxygen atoms in total. The number of hydrogen-bond donors (Lipinski definition) is 1. The number of likely N-dealkylation sites (tertiary alicyclic amines) is 1. The van der Waals surface area contributed by atoms with Crippen molar-refractivity contribution >= 4 is 11.8 Å². The lowest BCUT2D eigenvalue weighted by Gasteiger charge is -2.29. The Morgan fingerprint density at radius 2 is 1.81 bits per heavy atom. The zero-order chi connectivity index (χ0) is 18.7. The number of hydrogen-bond acceptors (Lipinski definition) is 3. The quantitative estimate of drug-likeness (QED) is 0.918. The number of benzene rings is 1. The molecule has 26 heavy (non-hydrogen) atoms. The van der Waals surface area contributed by atoms with Crippen molar-refractivity contribution in [1.82, 2.24) is 20.0 Å². The van der Waals surface area contributed by atoms with Gasteiger partial charge in [0.15, 0.2) is 0 Å². The summed E-state index contributed by atoms with van der Waals surface area (Å²) in [7, 11) is 0. The fraction of sp³-hybridized carbons (Fsp3) is 0.450. The van der Waals surface area contributed by atoms with Crippen LogP contribution in [0.15, 0.2) is 30.5 Å². The number of amides is 2. The SMILES string of the molecule is Cc1ccccc1-n1ncc(C(=O)N[C@H](C)C(=O)N2CCCCC2)c1C. The molecular weight excluding hydrogens is 328 g/mol. The number of rotatable bonds is 4. The molecule has 1 fully saturated rings. The molecule has 1 aromatic heterocycles. The summed E-state index contributed by atoms with van der Waals surface area (Å²) in [6, 6.07) is 7.36. The second-order valence-corrected chi connectivity index (χ2v) is 6.92. The van der Waals surface area contributed by atoms with Gasteiger partial charge in [0.2, 0.25) is 5.91 Å². The van der Waals surface area contributed by atoms with Crippen LogP contribution in [-0.2, 0) is 4.79 Å². The summed E-state index contributed by atoms with van der Waals surface area (Å²) in [6.07, 6.45) is 4.81. The van der Waals surface area contributed by atoms with E-state index in [2.05, 4.69) is 10.4 Å². The van der Waals surface area contributed by atoms with Gasteiger partial charge < -0.3 is 10.2 Å². The van der Waals surface area contributed by atoms with Crippen LogP contribution >= 0.6 is 0 Å². The van der Waals surface area contributed by atoms with E-state index < -0.39 is 6.04 Å². The highest BCUT2D eigenvalue weighted by Crippen LogP contribution is 2.18. The van der Waals surface area contributed by atoms with E-state index in [0.29, 0.717) is 5.56 Å². The molecule has 1 N–H and O–H groups in total. The van der Waals surface area contributed by atoms with Gasteiger partial charge in [0.05, 0.1) is 23.1 Å². The topological polar surface area (TPSA) is 67.2 Å². The van der Waals surface area contributed by atoms with Gasteiger partial charge in [-0.15, -0.1) is 0 Å². The lowest BCUT2D eigenvalue weighted by atomic mass is 10.1. The number of piperidine rings is 1. The van der Waals surface area contributed by atoms with E-state index in [0.717, 1.165) is 42.9 Å². The third-order valence-electron chi connectivity index (χ3n) is 4.98. The van der Waals surface area contributed by atoms with Crippen molar-refractivity contribution in [2.45, 2.75) is 46.1 Å². The fourth-order valence-corrected chi connectivity index (χ4v) is 3.40. The molecule has 2 amide bonds. The lowest BCUT2D eigenvalue weighted by molar-refractivity contribution is -0.133. The van der Waals surface area contributed by atoms with Crippen LogP contribution in [0.2, 0.25) is 0 Å². The van der Waals surface area contributed by atoms with Gasteiger partial charge in [-0.25, -0.2) is 4.68 Å². The number of carbonyl (C=O) groups excluding carboxylic acids is 2. The molecule has 1 saturated heterocycles. The third-order valence-corrected chi connectivity index (χ3v) is 4.98. The van der Waals surface area contributed by atoms with Crippen LogP contribution in [0.1, 0.15) is 47.8 Å². The summed E-state index contributed by atoms with van der Waals surface area (Å²) < 4.78 is 1.77. The van der Waals surface area contributed by atoms with Crippen molar-refractivity contribution in [3.8, 4) is 5.69 Å². The Bertz CT molecular complexity index is 806. The molecule has 1 atom stereocenters. The normalized spacial score (nSPS) is 15.6. The van der Waals surface area contributed by atoms with Crippen LogP contribution in [0.5, 0.6) is 0 Å². The number of carbonyl (C=O) groups is 2. The summed E-state index contributed by atoms with van der Waals surface area (Å²) in [4.78, 5) is 27.0. The zero-order valence-electron chi connectivity index (χ0n) is 15.7. The average Bonchev–Trinajstić information content (AvgIpc) is 3.03. The standard InChI is InChI=1S/C20H26N4O2/c1-14-9-5-6-10-18(14)24-16(3)17(13-21-24)19(25)22-15(2)20(26)23-11-7-4-8-12-23/h5-6,9-10,13,15H,4,7-8,11-12H2,1-3H3,(H,22,25)/t15-/m1/s1. The van der Waals surface area contributed by atoms with Crippen molar-refractivity contribution in [3.63, 3.8) is 0 Å². The maximum absolute atomic E-state index is 12.7. The first-order valence-electron chi connectivity index (χ1n) is 9.19. The van der Waals surface area contributed by atoms with Crippen LogP contribution in [-0.4, -0.2) is 45.6 Å². The molecule has 1 aliphatic rings. The number of aromatic nitrogens is 2. The molecule has 2 heterocycles. The minimum Gasteiger partial charge on any atom is -0.341 e. The van der Waals surface area contributed by atoms with Crippen LogP contribution in [0, 0.1) is 13.8 Å². The van der Waals surface area contributed by atoms with Crippen LogP contribution in [0.3, 0.4) is 0 Å². The molecule has 3 rings (SSSR count). The second kappa shape index (κ2) is 7.72. The minimum atomic E-state index is -0.540. The molecule has 1 aromatic carbocycles. The van der Waals surface area contributed by atoms with E-state index in [1.807, 2.05) is 43.0 Å². The average molecular weight is 354 g/mol. The van der Waals surface area contributed by atoms with Gasteiger partial charge in [0, 0.05) is 13.1 Å².